The quantitative estimate of drug-likeness (QED) is 0.819. The Labute approximate surface area is 142 Å². The lowest BCUT2D eigenvalue weighted by Crippen LogP contribution is -2.31. The number of aryl methyl sites for hydroxylation is 2. The molecule has 126 valence electrons. The van der Waals surface area contributed by atoms with Crippen LogP contribution in [-0.2, 0) is 22.4 Å². The average Bonchev–Trinajstić information content (AvgIpc) is 2.55. The summed E-state index contributed by atoms with van der Waals surface area (Å²) >= 11 is 0. The van der Waals surface area contributed by atoms with Crippen LogP contribution in [0.2, 0.25) is 0 Å². The molecular weight excluding hydrogens is 302 g/mol. The number of hydrogen-bond donors (Lipinski definition) is 2. The standard InChI is InChI=1S/C20H23NO3/c1-3-15-8-10-16(11-9-15)12-19(22)21-18(13-20(23)24)17-7-5-4-6-14(17)2/h4-11,18H,3,12-13H2,1-2H3,(H,21,22)(H,23,24). The summed E-state index contributed by atoms with van der Waals surface area (Å²) in [5, 5.41) is 12.0. The number of carboxylic acids is 1. The Hall–Kier alpha value is -2.62. The summed E-state index contributed by atoms with van der Waals surface area (Å²) < 4.78 is 0. The molecule has 0 aliphatic heterocycles. The Balaban J connectivity index is 2.09. The summed E-state index contributed by atoms with van der Waals surface area (Å²) in [6, 6.07) is 14.9. The van der Waals surface area contributed by atoms with Crippen molar-refractivity contribution in [2.75, 3.05) is 0 Å². The number of amides is 1. The first kappa shape index (κ1) is 17.7. The third-order valence-corrected chi connectivity index (χ3v) is 4.07. The third kappa shape index (κ3) is 4.95. The number of hydrogen-bond acceptors (Lipinski definition) is 2. The van der Waals surface area contributed by atoms with E-state index in [0.717, 1.165) is 23.1 Å². The highest BCUT2D eigenvalue weighted by molar-refractivity contribution is 5.80. The van der Waals surface area contributed by atoms with Crippen molar-refractivity contribution in [1.82, 2.24) is 5.32 Å². The summed E-state index contributed by atoms with van der Waals surface area (Å²) in [7, 11) is 0. The lowest BCUT2D eigenvalue weighted by molar-refractivity contribution is -0.137. The van der Waals surface area contributed by atoms with Gasteiger partial charge in [-0.2, -0.15) is 0 Å². The second-order valence-electron chi connectivity index (χ2n) is 5.92. The van der Waals surface area contributed by atoms with Gasteiger partial charge in [0.25, 0.3) is 0 Å². The van der Waals surface area contributed by atoms with E-state index in [1.54, 1.807) is 0 Å². The summed E-state index contributed by atoms with van der Waals surface area (Å²) in [5.41, 5.74) is 3.96. The number of carbonyl (C=O) groups excluding carboxylic acids is 1. The Morgan fingerprint density at radius 1 is 1.04 bits per heavy atom. The monoisotopic (exact) mass is 325 g/mol. The fourth-order valence-corrected chi connectivity index (χ4v) is 2.71. The van der Waals surface area contributed by atoms with Crippen LogP contribution in [-0.4, -0.2) is 17.0 Å². The molecule has 0 fully saturated rings. The second kappa shape index (κ2) is 8.29. The molecule has 1 amide bonds. The van der Waals surface area contributed by atoms with E-state index in [-0.39, 0.29) is 18.7 Å². The molecule has 0 spiro atoms. The zero-order valence-corrected chi connectivity index (χ0v) is 14.1. The van der Waals surface area contributed by atoms with Crippen molar-refractivity contribution < 1.29 is 14.7 Å². The minimum atomic E-state index is -0.934. The first-order chi connectivity index (χ1) is 11.5. The lowest BCUT2D eigenvalue weighted by Gasteiger charge is -2.19. The molecule has 0 aliphatic carbocycles. The Bertz CT molecular complexity index is 707. The van der Waals surface area contributed by atoms with Crippen LogP contribution in [0.1, 0.15) is 41.6 Å². The van der Waals surface area contributed by atoms with Crippen molar-refractivity contribution in [3.05, 3.63) is 70.8 Å². The first-order valence-electron chi connectivity index (χ1n) is 8.14. The van der Waals surface area contributed by atoms with Crippen LogP contribution >= 0.6 is 0 Å². The first-order valence-corrected chi connectivity index (χ1v) is 8.14. The number of rotatable bonds is 7. The van der Waals surface area contributed by atoms with E-state index < -0.39 is 12.0 Å². The normalized spacial score (nSPS) is 11.8. The van der Waals surface area contributed by atoms with Crippen molar-refractivity contribution in [2.45, 2.75) is 39.2 Å². The minimum Gasteiger partial charge on any atom is -0.481 e. The summed E-state index contributed by atoms with van der Waals surface area (Å²) in [4.78, 5) is 23.5. The maximum Gasteiger partial charge on any atom is 0.305 e. The van der Waals surface area contributed by atoms with Crippen LogP contribution in [0.5, 0.6) is 0 Å². The van der Waals surface area contributed by atoms with E-state index in [9.17, 15) is 9.59 Å². The van der Waals surface area contributed by atoms with Crippen molar-refractivity contribution in [3.8, 4) is 0 Å². The highest BCUT2D eigenvalue weighted by atomic mass is 16.4. The van der Waals surface area contributed by atoms with Gasteiger partial charge in [-0.15, -0.1) is 0 Å². The zero-order valence-electron chi connectivity index (χ0n) is 14.1. The Morgan fingerprint density at radius 3 is 2.25 bits per heavy atom. The fraction of sp³-hybridized carbons (Fsp3) is 0.300. The smallest absolute Gasteiger partial charge is 0.305 e. The molecule has 0 saturated carbocycles. The predicted octanol–water partition coefficient (Wildman–Crippen LogP) is 3.43. The maximum absolute atomic E-state index is 12.3. The number of carboxylic acid groups (broad SMARTS) is 1. The number of nitrogens with one attached hydrogen (secondary N) is 1. The Kier molecular flexibility index (Phi) is 6.13. The fourth-order valence-electron chi connectivity index (χ4n) is 2.71. The molecule has 0 heterocycles. The molecule has 24 heavy (non-hydrogen) atoms. The molecule has 2 aromatic rings. The topological polar surface area (TPSA) is 66.4 Å². The molecule has 4 nitrogen and oxygen atoms in total. The molecule has 0 radical (unpaired) electrons. The van der Waals surface area contributed by atoms with E-state index in [0.29, 0.717) is 0 Å². The molecule has 0 saturated heterocycles. The highest BCUT2D eigenvalue weighted by Crippen LogP contribution is 2.21. The van der Waals surface area contributed by atoms with Gasteiger partial charge in [0, 0.05) is 0 Å². The van der Waals surface area contributed by atoms with Crippen LogP contribution in [0.3, 0.4) is 0 Å². The van der Waals surface area contributed by atoms with Crippen molar-refractivity contribution in [2.24, 2.45) is 0 Å². The van der Waals surface area contributed by atoms with Gasteiger partial charge in [0.05, 0.1) is 18.9 Å². The van der Waals surface area contributed by atoms with Gasteiger partial charge in [0.2, 0.25) is 5.91 Å². The zero-order chi connectivity index (χ0) is 17.5. The molecule has 0 aliphatic rings. The van der Waals surface area contributed by atoms with E-state index >= 15 is 0 Å². The van der Waals surface area contributed by atoms with Gasteiger partial charge >= 0.3 is 5.97 Å². The van der Waals surface area contributed by atoms with E-state index in [2.05, 4.69) is 12.2 Å². The molecule has 2 aromatic carbocycles. The lowest BCUT2D eigenvalue weighted by atomic mass is 9.98. The van der Waals surface area contributed by atoms with E-state index in [4.69, 9.17) is 5.11 Å². The van der Waals surface area contributed by atoms with Crippen molar-refractivity contribution >= 4 is 11.9 Å². The molecule has 4 heteroatoms. The molecule has 2 rings (SSSR count). The average molecular weight is 325 g/mol. The van der Waals surface area contributed by atoms with Gasteiger partial charge < -0.3 is 10.4 Å². The van der Waals surface area contributed by atoms with Crippen LogP contribution in [0.25, 0.3) is 0 Å². The third-order valence-electron chi connectivity index (χ3n) is 4.07. The molecule has 0 bridgehead atoms. The van der Waals surface area contributed by atoms with Crippen molar-refractivity contribution in [1.29, 1.82) is 0 Å². The van der Waals surface area contributed by atoms with Crippen LogP contribution in [0, 0.1) is 6.92 Å². The molecular formula is C20H23NO3. The summed E-state index contributed by atoms with van der Waals surface area (Å²) in [6.07, 6.45) is 1.07. The largest absolute Gasteiger partial charge is 0.481 e. The number of carbonyl (C=O) groups is 2. The summed E-state index contributed by atoms with van der Waals surface area (Å²) in [6.45, 7) is 4.00. The van der Waals surface area contributed by atoms with E-state index in [1.807, 2.05) is 55.5 Å². The minimum absolute atomic E-state index is 0.134. The van der Waals surface area contributed by atoms with Gasteiger partial charge in [0.15, 0.2) is 0 Å². The number of benzene rings is 2. The molecule has 1 atom stereocenters. The van der Waals surface area contributed by atoms with Crippen molar-refractivity contribution in [3.63, 3.8) is 0 Å². The van der Waals surface area contributed by atoms with Gasteiger partial charge in [-0.1, -0.05) is 55.5 Å². The Morgan fingerprint density at radius 2 is 1.67 bits per heavy atom. The SMILES string of the molecule is CCc1ccc(CC(=O)NC(CC(=O)O)c2ccccc2C)cc1. The van der Waals surface area contributed by atoms with Gasteiger partial charge in [-0.05, 0) is 35.6 Å². The van der Waals surface area contributed by atoms with Gasteiger partial charge in [-0.25, -0.2) is 0 Å². The maximum atomic E-state index is 12.3. The highest BCUT2D eigenvalue weighted by Gasteiger charge is 2.19. The van der Waals surface area contributed by atoms with Crippen LogP contribution in [0.4, 0.5) is 0 Å². The molecule has 1 unspecified atom stereocenters. The second-order valence-corrected chi connectivity index (χ2v) is 5.92. The van der Waals surface area contributed by atoms with Gasteiger partial charge in [0.1, 0.15) is 0 Å². The van der Waals surface area contributed by atoms with E-state index in [1.165, 1.54) is 5.56 Å². The predicted molar refractivity (Wildman–Crippen MR) is 93.8 cm³/mol. The van der Waals surface area contributed by atoms with Crippen LogP contribution in [0.15, 0.2) is 48.5 Å². The number of aliphatic carboxylic acids is 1. The molecule has 2 N–H and O–H groups in total. The molecule has 0 aromatic heterocycles. The van der Waals surface area contributed by atoms with Crippen LogP contribution < -0.4 is 5.32 Å². The summed E-state index contributed by atoms with van der Waals surface area (Å²) in [5.74, 6) is -1.11. The van der Waals surface area contributed by atoms with Gasteiger partial charge in [-0.3, -0.25) is 9.59 Å².